The van der Waals surface area contributed by atoms with E-state index in [1.54, 1.807) is 0 Å². The molecule has 0 spiro atoms. The summed E-state index contributed by atoms with van der Waals surface area (Å²) in [6.45, 7) is 13.5. The average molecular weight is 360 g/mol. The molecule has 1 nitrogen and oxygen atoms in total. The van der Waals surface area contributed by atoms with Crippen molar-refractivity contribution >= 4 is 28.3 Å². The molecule has 0 amide bonds. The minimum absolute atomic E-state index is 0.333. The molecule has 0 aromatic carbocycles. The summed E-state index contributed by atoms with van der Waals surface area (Å²) in [6, 6.07) is 0. The first-order chi connectivity index (χ1) is 11.0. The molecule has 0 saturated heterocycles. The highest BCUT2D eigenvalue weighted by molar-refractivity contribution is 8.23. The number of hydrogen-bond donors (Lipinski definition) is 0. The van der Waals surface area contributed by atoms with Gasteiger partial charge in [-0.15, -0.1) is 0 Å². The van der Waals surface area contributed by atoms with Crippen LogP contribution in [-0.4, -0.2) is 27.1 Å². The summed E-state index contributed by atoms with van der Waals surface area (Å²) >= 11 is 7.72. The fourth-order valence-corrected chi connectivity index (χ4v) is 5.18. The lowest BCUT2D eigenvalue weighted by Gasteiger charge is -2.33. The molecule has 0 aromatic rings. The quantitative estimate of drug-likeness (QED) is 0.234. The predicted molar refractivity (Wildman–Crippen MR) is 114 cm³/mol. The van der Waals surface area contributed by atoms with Crippen LogP contribution in [0.15, 0.2) is 0 Å². The van der Waals surface area contributed by atoms with Crippen LogP contribution < -0.4 is 0 Å². The van der Waals surface area contributed by atoms with Gasteiger partial charge in [0, 0.05) is 17.8 Å². The van der Waals surface area contributed by atoms with Gasteiger partial charge in [-0.3, -0.25) is 0 Å². The molecule has 0 heterocycles. The zero-order valence-corrected chi connectivity index (χ0v) is 18.1. The van der Waals surface area contributed by atoms with Crippen molar-refractivity contribution in [2.24, 2.45) is 0 Å². The van der Waals surface area contributed by atoms with Crippen molar-refractivity contribution in [3.8, 4) is 0 Å². The Morgan fingerprint density at radius 1 is 0.783 bits per heavy atom. The maximum Gasteiger partial charge on any atom is 0.136 e. The molecular weight excluding hydrogens is 318 g/mol. The summed E-state index contributed by atoms with van der Waals surface area (Å²) in [5.74, 6) is 0. The second-order valence-electron chi connectivity index (χ2n) is 6.97. The molecule has 0 aliphatic rings. The van der Waals surface area contributed by atoms with E-state index in [2.05, 4.69) is 39.5 Å². The van der Waals surface area contributed by atoms with E-state index in [1.807, 2.05) is 11.8 Å². The van der Waals surface area contributed by atoms with Crippen molar-refractivity contribution in [3.63, 3.8) is 0 Å². The van der Waals surface area contributed by atoms with E-state index < -0.39 is 0 Å². The molecule has 0 aromatic heterocycles. The minimum Gasteiger partial charge on any atom is -0.358 e. The van der Waals surface area contributed by atoms with E-state index in [1.165, 1.54) is 70.6 Å². The third-order valence-electron chi connectivity index (χ3n) is 4.72. The first-order valence-electron chi connectivity index (χ1n) is 10.0. The maximum absolute atomic E-state index is 5.73. The van der Waals surface area contributed by atoms with Gasteiger partial charge in [-0.25, -0.2) is 0 Å². The van der Waals surface area contributed by atoms with Crippen molar-refractivity contribution in [2.75, 3.05) is 13.1 Å². The van der Waals surface area contributed by atoms with E-state index in [0.29, 0.717) is 4.75 Å². The fraction of sp³-hybridized carbons (Fsp3) is 0.950. The topological polar surface area (TPSA) is 3.24 Å². The Hall–Kier alpha value is 0.240. The van der Waals surface area contributed by atoms with Gasteiger partial charge in [0.05, 0.1) is 0 Å². The molecule has 0 N–H and O–H groups in total. The number of hydrogen-bond acceptors (Lipinski definition) is 2. The smallest absolute Gasteiger partial charge is 0.136 e. The maximum atomic E-state index is 5.73. The molecule has 0 bridgehead atoms. The molecule has 138 valence electrons. The van der Waals surface area contributed by atoms with Gasteiger partial charge in [0.1, 0.15) is 4.32 Å². The third kappa shape index (κ3) is 11.4. The molecule has 0 saturated carbocycles. The van der Waals surface area contributed by atoms with Gasteiger partial charge in [-0.05, 0) is 33.6 Å². The van der Waals surface area contributed by atoms with Crippen LogP contribution in [0.1, 0.15) is 105 Å². The first kappa shape index (κ1) is 23.2. The van der Waals surface area contributed by atoms with Crippen LogP contribution in [0.2, 0.25) is 0 Å². The molecule has 0 aliphatic heterocycles. The zero-order valence-electron chi connectivity index (χ0n) is 16.5. The van der Waals surface area contributed by atoms with Crippen molar-refractivity contribution < 1.29 is 0 Å². The van der Waals surface area contributed by atoms with E-state index >= 15 is 0 Å². The Bertz CT molecular complexity index is 289. The normalized spacial score (nSPS) is 13.8. The molecule has 0 radical (unpaired) electrons. The highest BCUT2D eigenvalue weighted by Crippen LogP contribution is 2.37. The number of thioether (sulfide) groups is 1. The number of rotatable bonds is 14. The van der Waals surface area contributed by atoms with E-state index in [0.717, 1.165) is 17.4 Å². The molecule has 0 rings (SSSR count). The molecular formula is C20H41NS2. The molecule has 3 heteroatoms. The zero-order chi connectivity index (χ0) is 17.6. The van der Waals surface area contributed by atoms with Crippen LogP contribution >= 0.6 is 24.0 Å². The van der Waals surface area contributed by atoms with Crippen LogP contribution in [0.5, 0.6) is 0 Å². The van der Waals surface area contributed by atoms with E-state index in [9.17, 15) is 0 Å². The Kier molecular flexibility index (Phi) is 14.7. The molecule has 1 atom stereocenters. The van der Waals surface area contributed by atoms with Crippen LogP contribution in [0.4, 0.5) is 0 Å². The molecule has 0 fully saturated rings. The highest BCUT2D eigenvalue weighted by Gasteiger charge is 2.27. The van der Waals surface area contributed by atoms with Gasteiger partial charge in [0.25, 0.3) is 0 Å². The van der Waals surface area contributed by atoms with E-state index in [4.69, 9.17) is 12.2 Å². The third-order valence-corrected chi connectivity index (χ3v) is 6.57. The molecule has 23 heavy (non-hydrogen) atoms. The second-order valence-corrected chi connectivity index (χ2v) is 9.19. The van der Waals surface area contributed by atoms with Crippen molar-refractivity contribution in [2.45, 2.75) is 110 Å². The Morgan fingerprint density at radius 3 is 1.65 bits per heavy atom. The SMILES string of the molecule is CCCCCCCC(C)(CCCCCC)SC(=S)N(CC)CC. The molecule has 1 unspecified atom stereocenters. The van der Waals surface area contributed by atoms with Gasteiger partial charge < -0.3 is 4.90 Å². The van der Waals surface area contributed by atoms with E-state index in [-0.39, 0.29) is 0 Å². The van der Waals surface area contributed by atoms with Gasteiger partial charge in [0.15, 0.2) is 0 Å². The summed E-state index contributed by atoms with van der Waals surface area (Å²) in [7, 11) is 0. The second kappa shape index (κ2) is 14.6. The summed E-state index contributed by atoms with van der Waals surface area (Å²) in [5, 5.41) is 0. The standard InChI is InChI=1S/C20H41NS2/c1-6-10-12-14-16-18-20(5,17-15-13-11-7-2)23-19(22)21(8-3)9-4/h6-18H2,1-5H3. The lowest BCUT2D eigenvalue weighted by atomic mass is 9.95. The van der Waals surface area contributed by atoms with Gasteiger partial charge in [0.2, 0.25) is 0 Å². The summed E-state index contributed by atoms with van der Waals surface area (Å²) < 4.78 is 1.45. The van der Waals surface area contributed by atoms with Gasteiger partial charge in [-0.2, -0.15) is 0 Å². The summed E-state index contributed by atoms with van der Waals surface area (Å²) in [6.07, 6.45) is 14.9. The highest BCUT2D eigenvalue weighted by atomic mass is 32.2. The van der Waals surface area contributed by atoms with Crippen LogP contribution in [-0.2, 0) is 0 Å². The van der Waals surface area contributed by atoms with Crippen LogP contribution in [0.3, 0.4) is 0 Å². The van der Waals surface area contributed by atoms with Crippen molar-refractivity contribution in [3.05, 3.63) is 0 Å². The number of thiocarbonyl (C=S) groups is 1. The summed E-state index contributed by atoms with van der Waals surface area (Å²) in [4.78, 5) is 2.33. The Balaban J connectivity index is 4.47. The average Bonchev–Trinajstić information content (AvgIpc) is 2.52. The van der Waals surface area contributed by atoms with Crippen molar-refractivity contribution in [1.82, 2.24) is 4.90 Å². The first-order valence-corrected chi connectivity index (χ1v) is 11.2. The fourth-order valence-electron chi connectivity index (χ4n) is 3.01. The minimum atomic E-state index is 0.333. The van der Waals surface area contributed by atoms with Crippen LogP contribution in [0, 0.1) is 0 Å². The Morgan fingerprint density at radius 2 is 1.22 bits per heavy atom. The van der Waals surface area contributed by atoms with Gasteiger partial charge >= 0.3 is 0 Å². The largest absolute Gasteiger partial charge is 0.358 e. The van der Waals surface area contributed by atoms with Crippen molar-refractivity contribution in [1.29, 1.82) is 0 Å². The Labute approximate surface area is 156 Å². The number of nitrogens with zero attached hydrogens (tertiary/aromatic N) is 1. The predicted octanol–water partition coefficient (Wildman–Crippen LogP) is 7.44. The monoisotopic (exact) mass is 359 g/mol. The molecule has 0 aliphatic carbocycles. The lowest BCUT2D eigenvalue weighted by molar-refractivity contribution is 0.465. The number of unbranched alkanes of at least 4 members (excludes halogenated alkanes) is 7. The lowest BCUT2D eigenvalue weighted by Crippen LogP contribution is -2.32. The summed E-state index contributed by atoms with van der Waals surface area (Å²) in [5.41, 5.74) is 0. The van der Waals surface area contributed by atoms with Gasteiger partial charge in [-0.1, -0.05) is 95.6 Å². The van der Waals surface area contributed by atoms with Crippen LogP contribution in [0.25, 0.3) is 0 Å².